The van der Waals surface area contributed by atoms with Crippen LogP contribution < -0.4 is 0 Å². The molecule has 1 saturated heterocycles. The van der Waals surface area contributed by atoms with Gasteiger partial charge in [-0.2, -0.15) is 0 Å². The second-order valence-corrected chi connectivity index (χ2v) is 7.69. The molecule has 1 aliphatic rings. The van der Waals surface area contributed by atoms with Gasteiger partial charge in [-0.05, 0) is 42.0 Å². The average Bonchev–Trinajstić information content (AvgIpc) is 2.68. The molecular formula is C23H30N2O2. The number of carboxylic acids is 1. The average molecular weight is 367 g/mol. The smallest absolute Gasteiger partial charge is 0.335 e. The standard InChI is InChI=1S/C23H30N2O2/c1-19(17-21-5-3-2-4-6-21)18-25-15-13-24(14-16-25)12-11-20-7-9-22(10-8-20)23(26)27/h2-10,19H,11-18H2,1H3,(H,26,27). The van der Waals surface area contributed by atoms with Crippen molar-refractivity contribution >= 4 is 5.97 Å². The lowest BCUT2D eigenvalue weighted by molar-refractivity contribution is 0.0697. The van der Waals surface area contributed by atoms with E-state index in [9.17, 15) is 4.79 Å². The van der Waals surface area contributed by atoms with Gasteiger partial charge in [-0.1, -0.05) is 49.4 Å². The summed E-state index contributed by atoms with van der Waals surface area (Å²) in [5.74, 6) is -0.189. The summed E-state index contributed by atoms with van der Waals surface area (Å²) >= 11 is 0. The third-order valence-electron chi connectivity index (χ3n) is 5.38. The molecule has 1 unspecified atom stereocenters. The number of aromatic carboxylic acids is 1. The van der Waals surface area contributed by atoms with Gasteiger partial charge < -0.3 is 14.9 Å². The second kappa shape index (κ2) is 9.67. The first-order valence-corrected chi connectivity index (χ1v) is 9.91. The van der Waals surface area contributed by atoms with Gasteiger partial charge in [0.15, 0.2) is 0 Å². The van der Waals surface area contributed by atoms with Crippen LogP contribution in [0.25, 0.3) is 0 Å². The van der Waals surface area contributed by atoms with Crippen molar-refractivity contribution in [3.63, 3.8) is 0 Å². The Morgan fingerprint density at radius 3 is 2.19 bits per heavy atom. The van der Waals surface area contributed by atoms with Crippen molar-refractivity contribution in [3.05, 3.63) is 71.3 Å². The first-order chi connectivity index (χ1) is 13.1. The van der Waals surface area contributed by atoms with Gasteiger partial charge >= 0.3 is 5.97 Å². The summed E-state index contributed by atoms with van der Waals surface area (Å²) in [6.45, 7) is 9.06. The predicted octanol–water partition coefficient (Wildman–Crippen LogP) is 3.42. The lowest BCUT2D eigenvalue weighted by Crippen LogP contribution is -2.48. The highest BCUT2D eigenvalue weighted by atomic mass is 16.4. The van der Waals surface area contributed by atoms with Gasteiger partial charge in [0, 0.05) is 39.3 Å². The van der Waals surface area contributed by atoms with E-state index in [-0.39, 0.29) is 0 Å². The Kier molecular flexibility index (Phi) is 7.02. The van der Waals surface area contributed by atoms with Crippen molar-refractivity contribution in [3.8, 4) is 0 Å². The molecule has 2 aromatic carbocycles. The molecule has 0 bridgehead atoms. The third-order valence-corrected chi connectivity index (χ3v) is 5.38. The number of hydrogen-bond acceptors (Lipinski definition) is 3. The summed E-state index contributed by atoms with van der Waals surface area (Å²) in [5.41, 5.74) is 2.99. The topological polar surface area (TPSA) is 43.8 Å². The molecule has 3 rings (SSSR count). The zero-order chi connectivity index (χ0) is 19.1. The number of piperazine rings is 1. The normalized spacial score (nSPS) is 16.9. The Hall–Kier alpha value is -2.17. The van der Waals surface area contributed by atoms with Gasteiger partial charge in [0.25, 0.3) is 0 Å². The highest BCUT2D eigenvalue weighted by molar-refractivity contribution is 5.87. The van der Waals surface area contributed by atoms with E-state index in [1.54, 1.807) is 12.1 Å². The van der Waals surface area contributed by atoms with Gasteiger partial charge in [-0.25, -0.2) is 4.79 Å². The van der Waals surface area contributed by atoms with Gasteiger partial charge in [-0.15, -0.1) is 0 Å². The van der Waals surface area contributed by atoms with Crippen molar-refractivity contribution in [1.29, 1.82) is 0 Å². The monoisotopic (exact) mass is 366 g/mol. The first kappa shape index (κ1) is 19.6. The fourth-order valence-electron chi connectivity index (χ4n) is 3.82. The lowest BCUT2D eigenvalue weighted by Gasteiger charge is -2.36. The fraction of sp³-hybridized carbons (Fsp3) is 0.435. The van der Waals surface area contributed by atoms with Crippen LogP contribution in [0.3, 0.4) is 0 Å². The maximum Gasteiger partial charge on any atom is 0.335 e. The highest BCUT2D eigenvalue weighted by Crippen LogP contribution is 2.12. The van der Waals surface area contributed by atoms with Gasteiger partial charge in [-0.3, -0.25) is 0 Å². The van der Waals surface area contributed by atoms with E-state index in [1.807, 2.05) is 12.1 Å². The minimum Gasteiger partial charge on any atom is -0.478 e. The Labute approximate surface area is 162 Å². The number of nitrogens with zero attached hydrogens (tertiary/aromatic N) is 2. The maximum absolute atomic E-state index is 10.9. The van der Waals surface area contributed by atoms with Crippen LogP contribution in [0.15, 0.2) is 54.6 Å². The molecule has 27 heavy (non-hydrogen) atoms. The van der Waals surface area contributed by atoms with Gasteiger partial charge in [0.2, 0.25) is 0 Å². The zero-order valence-electron chi connectivity index (χ0n) is 16.2. The number of benzene rings is 2. The molecule has 4 nitrogen and oxygen atoms in total. The van der Waals surface area contributed by atoms with Crippen LogP contribution in [0, 0.1) is 5.92 Å². The number of carboxylic acid groups (broad SMARTS) is 1. The molecule has 0 amide bonds. The highest BCUT2D eigenvalue weighted by Gasteiger charge is 2.18. The zero-order valence-corrected chi connectivity index (χ0v) is 16.2. The Morgan fingerprint density at radius 2 is 1.56 bits per heavy atom. The van der Waals surface area contributed by atoms with Crippen molar-refractivity contribution in [2.45, 2.75) is 19.8 Å². The summed E-state index contributed by atoms with van der Waals surface area (Å²) < 4.78 is 0. The van der Waals surface area contributed by atoms with E-state index >= 15 is 0 Å². The van der Waals surface area contributed by atoms with Crippen molar-refractivity contribution in [2.24, 2.45) is 5.92 Å². The molecule has 1 aliphatic heterocycles. The van der Waals surface area contributed by atoms with Crippen LogP contribution in [0.1, 0.15) is 28.4 Å². The summed E-state index contributed by atoms with van der Waals surface area (Å²) in [6, 6.07) is 18.0. The molecule has 0 spiro atoms. The molecular weight excluding hydrogens is 336 g/mol. The molecule has 144 valence electrons. The summed E-state index contributed by atoms with van der Waals surface area (Å²) in [5, 5.41) is 8.97. The molecule has 0 aromatic heterocycles. The number of hydrogen-bond donors (Lipinski definition) is 1. The Bertz CT molecular complexity index is 707. The summed E-state index contributed by atoms with van der Waals surface area (Å²) in [7, 11) is 0. The molecule has 1 atom stereocenters. The SMILES string of the molecule is CC(Cc1ccccc1)CN1CCN(CCc2ccc(C(=O)O)cc2)CC1. The Morgan fingerprint density at radius 1 is 0.926 bits per heavy atom. The molecule has 2 aromatic rings. The minimum absolute atomic E-state index is 0.358. The van der Waals surface area contributed by atoms with Crippen molar-refractivity contribution < 1.29 is 9.90 Å². The second-order valence-electron chi connectivity index (χ2n) is 7.69. The van der Waals surface area contributed by atoms with Gasteiger partial charge in [0.1, 0.15) is 0 Å². The van der Waals surface area contributed by atoms with Crippen molar-refractivity contribution in [2.75, 3.05) is 39.3 Å². The first-order valence-electron chi connectivity index (χ1n) is 9.91. The number of rotatable bonds is 8. The third kappa shape index (κ3) is 6.19. The van der Waals surface area contributed by atoms with Crippen LogP contribution in [-0.2, 0) is 12.8 Å². The van der Waals surface area contributed by atoms with E-state index < -0.39 is 5.97 Å². The largest absolute Gasteiger partial charge is 0.478 e. The fourth-order valence-corrected chi connectivity index (χ4v) is 3.82. The quantitative estimate of drug-likeness (QED) is 0.777. The minimum atomic E-state index is -0.862. The van der Waals surface area contributed by atoms with E-state index in [0.717, 1.165) is 45.6 Å². The van der Waals surface area contributed by atoms with E-state index in [1.165, 1.54) is 17.7 Å². The predicted molar refractivity (Wildman–Crippen MR) is 109 cm³/mol. The van der Waals surface area contributed by atoms with Crippen LogP contribution in [0.5, 0.6) is 0 Å². The van der Waals surface area contributed by atoms with Crippen LogP contribution in [0.4, 0.5) is 0 Å². The molecule has 1 heterocycles. The van der Waals surface area contributed by atoms with Crippen LogP contribution in [0.2, 0.25) is 0 Å². The van der Waals surface area contributed by atoms with Crippen LogP contribution in [-0.4, -0.2) is 60.1 Å². The van der Waals surface area contributed by atoms with Gasteiger partial charge in [0.05, 0.1) is 5.56 Å². The molecule has 0 radical (unpaired) electrons. The summed E-state index contributed by atoms with van der Waals surface area (Å²) in [4.78, 5) is 16.0. The summed E-state index contributed by atoms with van der Waals surface area (Å²) in [6.07, 6.45) is 2.12. The molecule has 1 fully saturated rings. The van der Waals surface area contributed by atoms with E-state index in [0.29, 0.717) is 11.5 Å². The van der Waals surface area contributed by atoms with E-state index in [2.05, 4.69) is 47.1 Å². The van der Waals surface area contributed by atoms with E-state index in [4.69, 9.17) is 5.11 Å². The lowest BCUT2D eigenvalue weighted by atomic mass is 10.0. The molecule has 1 N–H and O–H groups in total. The van der Waals surface area contributed by atoms with Crippen LogP contribution >= 0.6 is 0 Å². The molecule has 4 heteroatoms. The number of carbonyl (C=O) groups is 1. The van der Waals surface area contributed by atoms with Crippen molar-refractivity contribution in [1.82, 2.24) is 9.80 Å². The molecule has 0 saturated carbocycles. The Balaban J connectivity index is 1.36. The maximum atomic E-state index is 10.9. The molecule has 0 aliphatic carbocycles.